The smallest absolute Gasteiger partial charge is 0.226 e. The molecule has 0 spiro atoms. The Bertz CT molecular complexity index is 938. The SMILES string of the molecule is COc1csc2c(CCCN)nc(N3CCN(c4ccc(Cl)cc4)CC3)nc12. The van der Waals surface area contributed by atoms with Crippen LogP contribution in [0.2, 0.25) is 5.02 Å². The number of nitrogens with zero attached hydrogens (tertiary/aromatic N) is 4. The normalized spacial score (nSPS) is 14.7. The molecule has 0 amide bonds. The average molecular weight is 418 g/mol. The summed E-state index contributed by atoms with van der Waals surface area (Å²) in [6, 6.07) is 8.02. The van der Waals surface area contributed by atoms with E-state index >= 15 is 0 Å². The molecule has 0 aliphatic carbocycles. The van der Waals surface area contributed by atoms with E-state index in [-0.39, 0.29) is 0 Å². The van der Waals surface area contributed by atoms with Gasteiger partial charge in [-0.05, 0) is 43.7 Å². The number of aromatic nitrogens is 2. The van der Waals surface area contributed by atoms with Crippen molar-refractivity contribution < 1.29 is 4.74 Å². The van der Waals surface area contributed by atoms with Gasteiger partial charge in [0.15, 0.2) is 5.75 Å². The molecule has 0 unspecified atom stereocenters. The number of ether oxygens (including phenoxy) is 1. The van der Waals surface area contributed by atoms with E-state index in [0.717, 1.165) is 71.7 Å². The highest BCUT2D eigenvalue weighted by atomic mass is 35.5. The first-order chi connectivity index (χ1) is 13.7. The fourth-order valence-electron chi connectivity index (χ4n) is 3.48. The van der Waals surface area contributed by atoms with Gasteiger partial charge in [0, 0.05) is 42.3 Å². The molecule has 1 aromatic carbocycles. The second-order valence-electron chi connectivity index (χ2n) is 6.79. The number of hydrogen-bond donors (Lipinski definition) is 1. The minimum Gasteiger partial charge on any atom is -0.494 e. The summed E-state index contributed by atoms with van der Waals surface area (Å²) in [7, 11) is 1.69. The number of hydrogen-bond acceptors (Lipinski definition) is 7. The number of aryl methyl sites for hydroxylation is 1. The third-order valence-electron chi connectivity index (χ3n) is 5.03. The molecule has 3 aromatic rings. The lowest BCUT2D eigenvalue weighted by Crippen LogP contribution is -2.47. The van der Waals surface area contributed by atoms with Crippen LogP contribution in [0.15, 0.2) is 29.6 Å². The van der Waals surface area contributed by atoms with Crippen LogP contribution in [0.5, 0.6) is 5.75 Å². The van der Waals surface area contributed by atoms with Crippen molar-refractivity contribution in [1.29, 1.82) is 0 Å². The monoisotopic (exact) mass is 417 g/mol. The molecule has 0 saturated carbocycles. The van der Waals surface area contributed by atoms with Gasteiger partial charge in [-0.25, -0.2) is 9.97 Å². The lowest BCUT2D eigenvalue weighted by Gasteiger charge is -2.36. The first-order valence-electron chi connectivity index (χ1n) is 9.47. The molecule has 1 aliphatic rings. The maximum atomic E-state index is 6.01. The molecule has 3 heterocycles. The zero-order valence-electron chi connectivity index (χ0n) is 15.9. The third-order valence-corrected chi connectivity index (χ3v) is 6.28. The predicted octanol–water partition coefficient (Wildman–Crippen LogP) is 3.57. The van der Waals surface area contributed by atoms with E-state index in [1.165, 1.54) is 5.69 Å². The Kier molecular flexibility index (Phi) is 5.85. The van der Waals surface area contributed by atoms with Crippen molar-refractivity contribution in [2.45, 2.75) is 12.8 Å². The fraction of sp³-hybridized carbons (Fsp3) is 0.400. The largest absolute Gasteiger partial charge is 0.494 e. The maximum Gasteiger partial charge on any atom is 0.226 e. The van der Waals surface area contributed by atoms with Crippen molar-refractivity contribution in [3.63, 3.8) is 0 Å². The van der Waals surface area contributed by atoms with Gasteiger partial charge in [0.2, 0.25) is 5.95 Å². The van der Waals surface area contributed by atoms with E-state index in [0.29, 0.717) is 6.54 Å². The number of rotatable bonds is 6. The van der Waals surface area contributed by atoms with Crippen molar-refractivity contribution in [1.82, 2.24) is 9.97 Å². The number of thiophene rings is 1. The van der Waals surface area contributed by atoms with E-state index in [1.54, 1.807) is 18.4 Å². The lowest BCUT2D eigenvalue weighted by atomic mass is 10.2. The molecule has 0 atom stereocenters. The van der Waals surface area contributed by atoms with Gasteiger partial charge in [-0.15, -0.1) is 11.3 Å². The van der Waals surface area contributed by atoms with Crippen LogP contribution >= 0.6 is 22.9 Å². The Morgan fingerprint density at radius 3 is 2.50 bits per heavy atom. The van der Waals surface area contributed by atoms with E-state index in [9.17, 15) is 0 Å². The van der Waals surface area contributed by atoms with Gasteiger partial charge in [0.05, 0.1) is 17.5 Å². The van der Waals surface area contributed by atoms with Gasteiger partial charge < -0.3 is 20.3 Å². The Morgan fingerprint density at radius 2 is 1.82 bits per heavy atom. The number of methoxy groups -OCH3 is 1. The van der Waals surface area contributed by atoms with Crippen LogP contribution in [0.25, 0.3) is 10.2 Å². The molecule has 1 fully saturated rings. The first kappa shape index (κ1) is 19.2. The Balaban J connectivity index is 1.56. The minimum absolute atomic E-state index is 0.656. The molecule has 2 N–H and O–H groups in total. The highest BCUT2D eigenvalue weighted by molar-refractivity contribution is 7.17. The summed E-state index contributed by atoms with van der Waals surface area (Å²) in [4.78, 5) is 14.4. The van der Waals surface area contributed by atoms with Crippen LogP contribution in [-0.4, -0.2) is 49.8 Å². The van der Waals surface area contributed by atoms with Crippen LogP contribution < -0.4 is 20.3 Å². The fourth-order valence-corrected chi connectivity index (χ4v) is 4.59. The molecule has 1 saturated heterocycles. The van der Waals surface area contributed by atoms with Crippen LogP contribution in [0, 0.1) is 0 Å². The van der Waals surface area contributed by atoms with E-state index in [2.05, 4.69) is 21.9 Å². The second-order valence-corrected chi connectivity index (χ2v) is 8.11. The first-order valence-corrected chi connectivity index (χ1v) is 10.7. The minimum atomic E-state index is 0.656. The van der Waals surface area contributed by atoms with E-state index < -0.39 is 0 Å². The summed E-state index contributed by atoms with van der Waals surface area (Å²) in [6.07, 6.45) is 1.77. The number of halogens is 1. The zero-order chi connectivity index (χ0) is 19.5. The molecule has 2 aromatic heterocycles. The Morgan fingerprint density at radius 1 is 1.11 bits per heavy atom. The summed E-state index contributed by atoms with van der Waals surface area (Å²) in [6.45, 7) is 4.24. The Labute approximate surface area is 173 Å². The molecule has 148 valence electrons. The van der Waals surface area contributed by atoms with E-state index in [4.69, 9.17) is 32.0 Å². The number of nitrogens with two attached hydrogens (primary N) is 1. The van der Waals surface area contributed by atoms with Crippen LogP contribution in [0.1, 0.15) is 12.1 Å². The third kappa shape index (κ3) is 3.87. The van der Waals surface area contributed by atoms with Gasteiger partial charge in [-0.1, -0.05) is 11.6 Å². The molecule has 6 nitrogen and oxygen atoms in total. The topological polar surface area (TPSA) is 67.5 Å². The summed E-state index contributed by atoms with van der Waals surface area (Å²) in [5.41, 5.74) is 8.90. The van der Waals surface area contributed by atoms with Crippen molar-refractivity contribution in [3.8, 4) is 5.75 Å². The van der Waals surface area contributed by atoms with Crippen molar-refractivity contribution in [3.05, 3.63) is 40.4 Å². The number of anilines is 2. The van der Waals surface area contributed by atoms with Gasteiger partial charge in [-0.2, -0.15) is 0 Å². The van der Waals surface area contributed by atoms with Gasteiger partial charge in [0.1, 0.15) is 5.52 Å². The van der Waals surface area contributed by atoms with Crippen LogP contribution in [-0.2, 0) is 6.42 Å². The standard InChI is InChI=1S/C20H24ClN5OS/c1-27-17-13-28-19-16(3-2-8-22)23-20(24-18(17)19)26-11-9-25(10-12-26)15-6-4-14(21)5-7-15/h4-7,13H,2-3,8-12,22H2,1H3. The van der Waals surface area contributed by atoms with Gasteiger partial charge >= 0.3 is 0 Å². The highest BCUT2D eigenvalue weighted by Crippen LogP contribution is 2.34. The summed E-state index contributed by atoms with van der Waals surface area (Å²) >= 11 is 7.65. The highest BCUT2D eigenvalue weighted by Gasteiger charge is 2.22. The summed E-state index contributed by atoms with van der Waals surface area (Å²) in [5, 5.41) is 2.77. The molecule has 4 rings (SSSR count). The quantitative estimate of drug-likeness (QED) is 0.661. The number of fused-ring (bicyclic) bond motifs is 1. The lowest BCUT2D eigenvalue weighted by molar-refractivity contribution is 0.420. The molecule has 8 heteroatoms. The molecular weight excluding hydrogens is 394 g/mol. The molecule has 28 heavy (non-hydrogen) atoms. The van der Waals surface area contributed by atoms with Crippen molar-refractivity contribution >= 4 is 44.8 Å². The summed E-state index contributed by atoms with van der Waals surface area (Å²) < 4.78 is 6.62. The number of piperazine rings is 1. The van der Waals surface area contributed by atoms with Gasteiger partial charge in [-0.3, -0.25) is 0 Å². The second kappa shape index (κ2) is 8.51. The zero-order valence-corrected chi connectivity index (χ0v) is 17.5. The molecule has 1 aliphatic heterocycles. The molecular formula is C20H24ClN5OS. The Hall–Kier alpha value is -2.09. The molecule has 0 bridgehead atoms. The summed E-state index contributed by atoms with van der Waals surface area (Å²) in [5.74, 6) is 1.60. The van der Waals surface area contributed by atoms with Crippen LogP contribution in [0.3, 0.4) is 0 Å². The van der Waals surface area contributed by atoms with Crippen LogP contribution in [0.4, 0.5) is 11.6 Å². The maximum absolute atomic E-state index is 6.01. The van der Waals surface area contributed by atoms with Crippen molar-refractivity contribution in [2.75, 3.05) is 49.6 Å². The van der Waals surface area contributed by atoms with Crippen molar-refractivity contribution in [2.24, 2.45) is 5.73 Å². The molecule has 0 radical (unpaired) electrons. The average Bonchev–Trinajstić information content (AvgIpc) is 3.16. The van der Waals surface area contributed by atoms with E-state index in [1.807, 2.05) is 17.5 Å². The van der Waals surface area contributed by atoms with Gasteiger partial charge in [0.25, 0.3) is 0 Å². The predicted molar refractivity (Wildman–Crippen MR) is 117 cm³/mol. The number of benzene rings is 1.